The Morgan fingerprint density at radius 3 is 3.05 bits per heavy atom. The Labute approximate surface area is 124 Å². The fourth-order valence-corrected chi connectivity index (χ4v) is 3.72. The molecule has 0 N–H and O–H groups in total. The molecule has 5 heteroatoms. The molecule has 2 bridgehead atoms. The third-order valence-electron chi connectivity index (χ3n) is 4.83. The van der Waals surface area contributed by atoms with Crippen LogP contribution in [0, 0.1) is 5.92 Å². The van der Waals surface area contributed by atoms with Gasteiger partial charge in [-0.25, -0.2) is 4.98 Å². The summed E-state index contributed by atoms with van der Waals surface area (Å²) in [5, 5.41) is 0. The van der Waals surface area contributed by atoms with E-state index in [-0.39, 0.29) is 12.0 Å². The van der Waals surface area contributed by atoms with Gasteiger partial charge in [0.25, 0.3) is 5.91 Å². The fraction of sp³-hybridized carbons (Fsp3) is 0.625. The molecule has 1 aromatic rings. The number of aromatic nitrogens is 1. The van der Waals surface area contributed by atoms with Crippen LogP contribution in [0.15, 0.2) is 18.3 Å². The summed E-state index contributed by atoms with van der Waals surface area (Å²) in [6, 6.07) is 4.00. The quantitative estimate of drug-likeness (QED) is 0.852. The number of carbonyl (C=O) groups excluding carboxylic acids is 1. The Balaban J connectivity index is 1.48. The molecule has 3 fully saturated rings. The lowest BCUT2D eigenvalue weighted by molar-refractivity contribution is 0.0702. The van der Waals surface area contributed by atoms with Gasteiger partial charge in [-0.3, -0.25) is 4.79 Å². The molecule has 3 atom stereocenters. The first-order chi connectivity index (χ1) is 10.3. The average molecular weight is 288 g/mol. The maximum Gasteiger partial charge on any atom is 0.254 e. The zero-order chi connectivity index (χ0) is 14.2. The number of rotatable bonds is 3. The minimum atomic E-state index is 0.0608. The molecule has 4 rings (SSSR count). The van der Waals surface area contributed by atoms with Crippen molar-refractivity contribution in [3.8, 4) is 5.88 Å². The van der Waals surface area contributed by atoms with Gasteiger partial charge in [0.05, 0.1) is 13.2 Å². The summed E-state index contributed by atoms with van der Waals surface area (Å²) in [6.45, 7) is 2.26. The average Bonchev–Trinajstić information content (AvgIpc) is 3.24. The highest BCUT2D eigenvalue weighted by molar-refractivity contribution is 5.94. The molecule has 2 aliphatic heterocycles. The van der Waals surface area contributed by atoms with Crippen LogP contribution in [0.25, 0.3) is 0 Å². The monoisotopic (exact) mass is 288 g/mol. The Kier molecular flexibility index (Phi) is 3.30. The molecule has 2 saturated heterocycles. The minimum absolute atomic E-state index is 0.0608. The van der Waals surface area contributed by atoms with Crippen LogP contribution in [0.2, 0.25) is 0 Å². The van der Waals surface area contributed by atoms with Crippen LogP contribution in [0.4, 0.5) is 0 Å². The summed E-state index contributed by atoms with van der Waals surface area (Å²) in [7, 11) is 0. The van der Waals surface area contributed by atoms with E-state index >= 15 is 0 Å². The van der Waals surface area contributed by atoms with Gasteiger partial charge in [0, 0.05) is 36.8 Å². The molecule has 0 radical (unpaired) electrons. The summed E-state index contributed by atoms with van der Waals surface area (Å²) in [5.74, 6) is 1.37. The molecule has 1 saturated carbocycles. The number of hydrogen-bond acceptors (Lipinski definition) is 4. The largest absolute Gasteiger partial charge is 0.472 e. The van der Waals surface area contributed by atoms with Crippen LogP contribution in [0.5, 0.6) is 5.88 Å². The molecule has 0 spiro atoms. The third-order valence-corrected chi connectivity index (χ3v) is 4.83. The molecular weight excluding hydrogens is 268 g/mol. The van der Waals surface area contributed by atoms with Crippen LogP contribution in [-0.4, -0.2) is 47.7 Å². The van der Waals surface area contributed by atoms with E-state index in [1.807, 2.05) is 4.90 Å². The number of fused-ring (bicyclic) bond motifs is 2. The summed E-state index contributed by atoms with van der Waals surface area (Å²) < 4.78 is 11.1. The maximum absolute atomic E-state index is 12.6. The standard InChI is InChI=1S/C16H20N2O3/c19-16(18-9-11-1-2-13(18)7-11)12-3-5-17-15(8-12)21-14-4-6-20-10-14/h3,5,8,11,13-14H,1-2,4,6-7,9-10H2/t11-,13-,14-/m0/s1. The van der Waals surface area contributed by atoms with Gasteiger partial charge in [0.15, 0.2) is 0 Å². The van der Waals surface area contributed by atoms with E-state index in [1.54, 1.807) is 18.3 Å². The summed E-state index contributed by atoms with van der Waals surface area (Å²) in [4.78, 5) is 18.9. The first-order valence-corrected chi connectivity index (χ1v) is 7.81. The number of piperidine rings is 1. The van der Waals surface area contributed by atoms with E-state index < -0.39 is 0 Å². The van der Waals surface area contributed by atoms with Crippen molar-refractivity contribution in [3.63, 3.8) is 0 Å². The normalized spacial score (nSPS) is 30.9. The van der Waals surface area contributed by atoms with Crippen molar-refractivity contribution in [2.24, 2.45) is 5.92 Å². The molecule has 112 valence electrons. The van der Waals surface area contributed by atoms with Gasteiger partial charge in [0.2, 0.25) is 5.88 Å². The van der Waals surface area contributed by atoms with Crippen molar-refractivity contribution in [2.45, 2.75) is 37.8 Å². The Morgan fingerprint density at radius 2 is 2.33 bits per heavy atom. The van der Waals surface area contributed by atoms with Gasteiger partial charge >= 0.3 is 0 Å². The van der Waals surface area contributed by atoms with E-state index in [1.165, 1.54) is 12.8 Å². The molecule has 1 amide bonds. The van der Waals surface area contributed by atoms with Crippen LogP contribution in [0.3, 0.4) is 0 Å². The molecular formula is C16H20N2O3. The van der Waals surface area contributed by atoms with Crippen LogP contribution in [-0.2, 0) is 4.74 Å². The van der Waals surface area contributed by atoms with E-state index in [0.717, 1.165) is 26.0 Å². The van der Waals surface area contributed by atoms with Gasteiger partial charge in [-0.15, -0.1) is 0 Å². The van der Waals surface area contributed by atoms with Crippen molar-refractivity contribution < 1.29 is 14.3 Å². The third kappa shape index (κ3) is 2.50. The lowest BCUT2D eigenvalue weighted by atomic mass is 10.1. The van der Waals surface area contributed by atoms with Gasteiger partial charge < -0.3 is 14.4 Å². The SMILES string of the molecule is O=C(c1ccnc(O[C@H]2CCOC2)c1)N1C[C@H]2CC[C@H]1C2. The van der Waals surface area contributed by atoms with Crippen molar-refractivity contribution in [3.05, 3.63) is 23.9 Å². The van der Waals surface area contributed by atoms with E-state index in [9.17, 15) is 4.79 Å². The van der Waals surface area contributed by atoms with Gasteiger partial charge in [-0.1, -0.05) is 0 Å². The highest BCUT2D eigenvalue weighted by atomic mass is 16.5. The second kappa shape index (κ2) is 5.30. The highest BCUT2D eigenvalue weighted by Crippen LogP contribution is 2.38. The van der Waals surface area contributed by atoms with Crippen molar-refractivity contribution in [1.29, 1.82) is 0 Å². The van der Waals surface area contributed by atoms with Crippen LogP contribution < -0.4 is 4.74 Å². The van der Waals surface area contributed by atoms with E-state index in [0.29, 0.717) is 30.0 Å². The Morgan fingerprint density at radius 1 is 1.38 bits per heavy atom. The van der Waals surface area contributed by atoms with Crippen LogP contribution >= 0.6 is 0 Å². The van der Waals surface area contributed by atoms with Crippen molar-refractivity contribution in [1.82, 2.24) is 9.88 Å². The van der Waals surface area contributed by atoms with Crippen LogP contribution in [0.1, 0.15) is 36.0 Å². The second-order valence-corrected chi connectivity index (χ2v) is 6.28. The molecule has 3 aliphatic rings. The molecule has 0 aromatic carbocycles. The lowest BCUT2D eigenvalue weighted by Crippen LogP contribution is -2.37. The number of likely N-dealkylation sites (tertiary alicyclic amines) is 1. The van der Waals surface area contributed by atoms with Gasteiger partial charge in [-0.05, 0) is 31.2 Å². The zero-order valence-electron chi connectivity index (χ0n) is 12.0. The first-order valence-electron chi connectivity index (χ1n) is 7.81. The molecule has 5 nitrogen and oxygen atoms in total. The fourth-order valence-electron chi connectivity index (χ4n) is 3.72. The van der Waals surface area contributed by atoms with Crippen molar-refractivity contribution in [2.75, 3.05) is 19.8 Å². The topological polar surface area (TPSA) is 51.7 Å². The maximum atomic E-state index is 12.6. The van der Waals surface area contributed by atoms with Gasteiger partial charge in [0.1, 0.15) is 6.10 Å². The number of ether oxygens (including phenoxy) is 2. The molecule has 1 aliphatic carbocycles. The lowest BCUT2D eigenvalue weighted by Gasteiger charge is -2.27. The predicted octanol–water partition coefficient (Wildman–Crippen LogP) is 1.87. The number of amides is 1. The summed E-state index contributed by atoms with van der Waals surface area (Å²) >= 11 is 0. The highest BCUT2D eigenvalue weighted by Gasteiger charge is 2.40. The Hall–Kier alpha value is -1.62. The smallest absolute Gasteiger partial charge is 0.254 e. The van der Waals surface area contributed by atoms with Gasteiger partial charge in [-0.2, -0.15) is 0 Å². The number of hydrogen-bond donors (Lipinski definition) is 0. The summed E-state index contributed by atoms with van der Waals surface area (Å²) in [6.07, 6.45) is 6.22. The van der Waals surface area contributed by atoms with E-state index in [2.05, 4.69) is 4.98 Å². The van der Waals surface area contributed by atoms with E-state index in [4.69, 9.17) is 9.47 Å². The second-order valence-electron chi connectivity index (χ2n) is 6.28. The number of carbonyl (C=O) groups is 1. The minimum Gasteiger partial charge on any atom is -0.472 e. The number of nitrogens with zero attached hydrogens (tertiary/aromatic N) is 2. The summed E-state index contributed by atoms with van der Waals surface area (Å²) in [5.41, 5.74) is 0.687. The molecule has 0 unspecified atom stereocenters. The number of pyridine rings is 1. The molecule has 1 aromatic heterocycles. The Bertz CT molecular complexity index is 542. The molecule has 3 heterocycles. The zero-order valence-corrected chi connectivity index (χ0v) is 12.0. The predicted molar refractivity (Wildman–Crippen MR) is 76.3 cm³/mol. The molecule has 21 heavy (non-hydrogen) atoms. The first kappa shape index (κ1) is 13.1. The van der Waals surface area contributed by atoms with Crippen molar-refractivity contribution >= 4 is 5.91 Å².